The van der Waals surface area contributed by atoms with E-state index >= 15 is 0 Å². The summed E-state index contributed by atoms with van der Waals surface area (Å²) in [4.78, 5) is 12.1. The molecular weight excluding hydrogens is 316 g/mol. The van der Waals surface area contributed by atoms with Crippen molar-refractivity contribution in [1.82, 2.24) is 0 Å². The molecule has 1 fully saturated rings. The van der Waals surface area contributed by atoms with E-state index < -0.39 is 17.7 Å². The van der Waals surface area contributed by atoms with Gasteiger partial charge in [-0.25, -0.2) is 4.79 Å². The first-order valence-corrected chi connectivity index (χ1v) is 9.16. The van der Waals surface area contributed by atoms with Gasteiger partial charge >= 0.3 is 5.97 Å². The highest BCUT2D eigenvalue weighted by Crippen LogP contribution is 2.53. The first-order chi connectivity index (χ1) is 11.6. The molecule has 0 saturated heterocycles. The van der Waals surface area contributed by atoms with Crippen LogP contribution in [0.2, 0.25) is 0 Å². The van der Waals surface area contributed by atoms with E-state index in [1.807, 2.05) is 19.9 Å². The van der Waals surface area contributed by atoms with Gasteiger partial charge in [0.05, 0.1) is 24.4 Å². The molecule has 2 aliphatic carbocycles. The molecule has 4 heteroatoms. The molecule has 140 valence electrons. The standard InChI is InChI=1S/C21H32O4/c1-14-6-9-18(22)15(19(23)25-5)7-8-17-16(20(2,3)24)11-13-21(17,4)12-10-14/h7-8,16,18,22,24H,1,6,9-13H2,2-5H3/b15-7+,17-8+/t16-,18?,21-/m1/s1. The number of ether oxygens (including phenoxy) is 1. The van der Waals surface area contributed by atoms with Gasteiger partial charge in [0.1, 0.15) is 0 Å². The topological polar surface area (TPSA) is 66.8 Å². The van der Waals surface area contributed by atoms with E-state index in [9.17, 15) is 15.0 Å². The third kappa shape index (κ3) is 4.42. The van der Waals surface area contributed by atoms with Gasteiger partial charge in [0, 0.05) is 5.92 Å². The zero-order valence-corrected chi connectivity index (χ0v) is 16.0. The van der Waals surface area contributed by atoms with Crippen molar-refractivity contribution in [1.29, 1.82) is 0 Å². The highest BCUT2D eigenvalue weighted by Gasteiger charge is 2.45. The minimum Gasteiger partial charge on any atom is -0.466 e. The summed E-state index contributed by atoms with van der Waals surface area (Å²) in [7, 11) is 1.33. The average molecular weight is 348 g/mol. The van der Waals surface area contributed by atoms with Gasteiger partial charge in [-0.05, 0) is 63.9 Å². The van der Waals surface area contributed by atoms with Crippen LogP contribution in [-0.2, 0) is 9.53 Å². The second kappa shape index (κ2) is 7.46. The maximum absolute atomic E-state index is 12.1. The fourth-order valence-electron chi connectivity index (χ4n) is 4.19. The number of hydrogen-bond acceptors (Lipinski definition) is 4. The van der Waals surface area contributed by atoms with Crippen LogP contribution >= 0.6 is 0 Å². The van der Waals surface area contributed by atoms with E-state index in [-0.39, 0.29) is 16.9 Å². The van der Waals surface area contributed by atoms with Gasteiger partial charge in [0.2, 0.25) is 0 Å². The van der Waals surface area contributed by atoms with E-state index in [2.05, 4.69) is 13.5 Å². The Morgan fingerprint density at radius 2 is 1.96 bits per heavy atom. The molecule has 2 N–H and O–H groups in total. The summed E-state index contributed by atoms with van der Waals surface area (Å²) in [6.07, 6.45) is 7.72. The van der Waals surface area contributed by atoms with Crippen LogP contribution in [0.3, 0.4) is 0 Å². The van der Waals surface area contributed by atoms with Crippen molar-refractivity contribution in [2.75, 3.05) is 7.11 Å². The number of rotatable bonds is 2. The summed E-state index contributed by atoms with van der Waals surface area (Å²) in [6, 6.07) is 0. The van der Waals surface area contributed by atoms with Gasteiger partial charge in [-0.2, -0.15) is 0 Å². The van der Waals surface area contributed by atoms with E-state index in [0.717, 1.165) is 36.8 Å². The summed E-state index contributed by atoms with van der Waals surface area (Å²) < 4.78 is 4.85. The Morgan fingerprint density at radius 1 is 1.28 bits per heavy atom. The molecule has 2 rings (SSSR count). The second-order valence-electron chi connectivity index (χ2n) is 8.35. The Kier molecular flexibility index (Phi) is 5.95. The number of carbonyl (C=O) groups excluding carboxylic acids is 1. The molecule has 1 unspecified atom stereocenters. The van der Waals surface area contributed by atoms with Gasteiger partial charge in [-0.1, -0.05) is 30.7 Å². The van der Waals surface area contributed by atoms with Gasteiger partial charge in [0.15, 0.2) is 0 Å². The van der Waals surface area contributed by atoms with Crippen LogP contribution in [0.4, 0.5) is 0 Å². The molecule has 0 radical (unpaired) electrons. The van der Waals surface area contributed by atoms with Crippen molar-refractivity contribution < 1.29 is 19.7 Å². The molecule has 2 aliphatic rings. The molecule has 1 saturated carbocycles. The van der Waals surface area contributed by atoms with E-state index in [4.69, 9.17) is 4.74 Å². The normalized spacial score (nSPS) is 35.7. The largest absolute Gasteiger partial charge is 0.466 e. The maximum Gasteiger partial charge on any atom is 0.336 e. The van der Waals surface area contributed by atoms with Crippen LogP contribution in [0, 0.1) is 11.3 Å². The Balaban J connectivity index is 2.52. The summed E-state index contributed by atoms with van der Waals surface area (Å²) >= 11 is 0. The lowest BCUT2D eigenvalue weighted by atomic mass is 9.74. The Morgan fingerprint density at radius 3 is 2.56 bits per heavy atom. The first-order valence-electron chi connectivity index (χ1n) is 9.16. The van der Waals surface area contributed by atoms with Crippen LogP contribution < -0.4 is 0 Å². The van der Waals surface area contributed by atoms with Crippen LogP contribution in [0.15, 0.2) is 35.5 Å². The molecule has 0 aromatic heterocycles. The fourth-order valence-corrected chi connectivity index (χ4v) is 4.19. The quantitative estimate of drug-likeness (QED) is 0.590. The summed E-state index contributed by atoms with van der Waals surface area (Å²) in [5, 5.41) is 21.1. The van der Waals surface area contributed by atoms with E-state index in [0.29, 0.717) is 12.8 Å². The van der Waals surface area contributed by atoms with Crippen LogP contribution in [0.25, 0.3) is 0 Å². The van der Waals surface area contributed by atoms with Gasteiger partial charge in [0.25, 0.3) is 0 Å². The lowest BCUT2D eigenvalue weighted by Crippen LogP contribution is -2.32. The van der Waals surface area contributed by atoms with Crippen LogP contribution in [-0.4, -0.2) is 35.0 Å². The third-order valence-corrected chi connectivity index (χ3v) is 5.93. The van der Waals surface area contributed by atoms with Crippen molar-refractivity contribution >= 4 is 5.97 Å². The van der Waals surface area contributed by atoms with Gasteiger partial charge in [-0.15, -0.1) is 0 Å². The summed E-state index contributed by atoms with van der Waals surface area (Å²) in [6.45, 7) is 10.1. The molecule has 3 atom stereocenters. The Hall–Kier alpha value is -1.39. The minimum atomic E-state index is -0.868. The Labute approximate surface area is 151 Å². The van der Waals surface area contributed by atoms with Crippen LogP contribution in [0.5, 0.6) is 0 Å². The van der Waals surface area contributed by atoms with Gasteiger partial charge < -0.3 is 14.9 Å². The van der Waals surface area contributed by atoms with E-state index in [1.54, 1.807) is 6.08 Å². The predicted molar refractivity (Wildman–Crippen MR) is 98.9 cm³/mol. The number of fused-ring (bicyclic) bond motifs is 1. The SMILES string of the molecule is C=C1CCC(O)/C(C(=O)OC)=C\C=C2/[C@H](C(C)(C)O)CC[C@@]2(C)CC1. The molecule has 0 amide bonds. The number of aliphatic hydroxyl groups excluding tert-OH is 1. The molecular formula is C21H32O4. The lowest BCUT2D eigenvalue weighted by molar-refractivity contribution is -0.137. The summed E-state index contributed by atoms with van der Waals surface area (Å²) in [5.74, 6) is -0.465. The molecule has 25 heavy (non-hydrogen) atoms. The number of aliphatic hydroxyl groups is 2. The van der Waals surface area contributed by atoms with Crippen molar-refractivity contribution in [3.05, 3.63) is 35.5 Å². The zero-order chi connectivity index (χ0) is 18.8. The molecule has 0 aromatic rings. The monoisotopic (exact) mass is 348 g/mol. The lowest BCUT2D eigenvalue weighted by Gasteiger charge is -2.33. The highest BCUT2D eigenvalue weighted by molar-refractivity contribution is 5.89. The van der Waals surface area contributed by atoms with Gasteiger partial charge in [-0.3, -0.25) is 0 Å². The Bertz CT molecular complexity index is 594. The second-order valence-corrected chi connectivity index (χ2v) is 8.35. The van der Waals surface area contributed by atoms with Crippen molar-refractivity contribution in [2.45, 2.75) is 71.0 Å². The smallest absolute Gasteiger partial charge is 0.336 e. The number of carbonyl (C=O) groups is 1. The number of hydrogen-bond donors (Lipinski definition) is 2. The molecule has 0 bridgehead atoms. The molecule has 0 heterocycles. The van der Waals surface area contributed by atoms with Crippen LogP contribution in [0.1, 0.15) is 59.3 Å². The molecule has 4 nitrogen and oxygen atoms in total. The zero-order valence-electron chi connectivity index (χ0n) is 16.0. The molecule has 0 aliphatic heterocycles. The average Bonchev–Trinajstić information content (AvgIpc) is 2.87. The van der Waals surface area contributed by atoms with E-state index in [1.165, 1.54) is 7.11 Å². The highest BCUT2D eigenvalue weighted by atomic mass is 16.5. The predicted octanol–water partition coefficient (Wildman–Crippen LogP) is 3.69. The number of allylic oxidation sites excluding steroid dienone is 3. The first kappa shape index (κ1) is 19.9. The summed E-state index contributed by atoms with van der Waals surface area (Å²) in [5.41, 5.74) is 1.67. The molecule has 0 spiro atoms. The maximum atomic E-state index is 12.1. The van der Waals surface area contributed by atoms with Crippen molar-refractivity contribution in [3.63, 3.8) is 0 Å². The number of esters is 1. The molecule has 0 aromatic carbocycles. The number of methoxy groups -OCH3 is 1. The van der Waals surface area contributed by atoms with Crippen molar-refractivity contribution in [3.8, 4) is 0 Å². The van der Waals surface area contributed by atoms with Crippen molar-refractivity contribution in [2.24, 2.45) is 11.3 Å². The minimum absolute atomic E-state index is 0.0272. The third-order valence-electron chi connectivity index (χ3n) is 5.93. The fraction of sp³-hybridized carbons (Fsp3) is 0.667.